The topological polar surface area (TPSA) is 9.23 Å². The first-order valence-electron chi connectivity index (χ1n) is 3.68. The molecule has 1 heterocycles. The summed E-state index contributed by atoms with van der Waals surface area (Å²) in [7, 11) is 0. The first-order chi connectivity index (χ1) is 4.33. The van der Waals surface area contributed by atoms with Crippen molar-refractivity contribution < 1.29 is 4.74 Å². The highest BCUT2D eigenvalue weighted by atomic mass is 16.5. The summed E-state index contributed by atoms with van der Waals surface area (Å²) in [5, 5.41) is 0. The fourth-order valence-corrected chi connectivity index (χ4v) is 2.10. The van der Waals surface area contributed by atoms with E-state index in [1.807, 2.05) is 0 Å². The Morgan fingerprint density at radius 1 is 1.78 bits per heavy atom. The lowest BCUT2D eigenvalue weighted by molar-refractivity contribution is 0.0720. The van der Waals surface area contributed by atoms with Crippen LogP contribution in [0.1, 0.15) is 13.3 Å². The Hall–Kier alpha value is -0.300. The molecule has 3 unspecified atom stereocenters. The van der Waals surface area contributed by atoms with E-state index in [1.54, 1.807) is 5.57 Å². The highest BCUT2D eigenvalue weighted by Crippen LogP contribution is 2.70. The van der Waals surface area contributed by atoms with Gasteiger partial charge in [0.15, 0.2) is 0 Å². The first kappa shape index (κ1) is 4.51. The van der Waals surface area contributed by atoms with Crippen LogP contribution in [0.25, 0.3) is 0 Å². The van der Waals surface area contributed by atoms with Gasteiger partial charge < -0.3 is 4.74 Å². The van der Waals surface area contributed by atoms with Gasteiger partial charge in [-0.3, -0.25) is 0 Å². The first-order valence-corrected chi connectivity index (χ1v) is 3.68. The van der Waals surface area contributed by atoms with Crippen LogP contribution in [-0.2, 0) is 4.74 Å². The normalized spacial score (nSPS) is 59.4. The maximum Gasteiger partial charge on any atom is 0.0716 e. The molecule has 1 heteroatoms. The van der Waals surface area contributed by atoms with Crippen LogP contribution in [-0.4, -0.2) is 12.7 Å². The number of hydrogen-bond donors (Lipinski definition) is 0. The zero-order valence-corrected chi connectivity index (χ0v) is 5.55. The molecule has 0 aromatic carbocycles. The third kappa shape index (κ3) is 0.351. The second-order valence-electron chi connectivity index (χ2n) is 3.57. The molecule has 3 aliphatic rings. The molecule has 0 N–H and O–H groups in total. The minimum atomic E-state index is 0.553. The van der Waals surface area contributed by atoms with Crippen LogP contribution in [0, 0.1) is 11.3 Å². The quantitative estimate of drug-likeness (QED) is 0.441. The molecule has 0 aromatic heterocycles. The van der Waals surface area contributed by atoms with Crippen molar-refractivity contribution >= 4 is 0 Å². The lowest BCUT2D eigenvalue weighted by atomic mass is 10.0. The smallest absolute Gasteiger partial charge is 0.0716 e. The molecule has 1 spiro atoms. The van der Waals surface area contributed by atoms with Crippen LogP contribution < -0.4 is 0 Å². The predicted molar refractivity (Wildman–Crippen MR) is 34.0 cm³/mol. The Bertz CT molecular complexity index is 207. The van der Waals surface area contributed by atoms with Gasteiger partial charge in [0, 0.05) is 11.3 Å². The fourth-order valence-electron chi connectivity index (χ4n) is 2.10. The zero-order valence-electron chi connectivity index (χ0n) is 5.55. The fraction of sp³-hybridized carbons (Fsp3) is 0.750. The van der Waals surface area contributed by atoms with Gasteiger partial charge in [-0.2, -0.15) is 0 Å². The molecule has 2 aliphatic carbocycles. The summed E-state index contributed by atoms with van der Waals surface area (Å²) in [6.45, 7) is 3.23. The molecule has 0 bridgehead atoms. The van der Waals surface area contributed by atoms with Gasteiger partial charge in [0.1, 0.15) is 0 Å². The van der Waals surface area contributed by atoms with E-state index in [4.69, 9.17) is 4.74 Å². The van der Waals surface area contributed by atoms with Crippen molar-refractivity contribution in [2.45, 2.75) is 19.4 Å². The summed E-state index contributed by atoms with van der Waals surface area (Å²) in [4.78, 5) is 0. The van der Waals surface area contributed by atoms with E-state index in [9.17, 15) is 0 Å². The van der Waals surface area contributed by atoms with Crippen molar-refractivity contribution in [1.29, 1.82) is 0 Å². The second kappa shape index (κ2) is 0.988. The Labute approximate surface area is 54.7 Å². The summed E-state index contributed by atoms with van der Waals surface area (Å²) < 4.78 is 5.56. The van der Waals surface area contributed by atoms with E-state index in [1.165, 1.54) is 6.42 Å². The molecule has 1 saturated carbocycles. The van der Waals surface area contributed by atoms with Crippen molar-refractivity contribution in [3.8, 4) is 0 Å². The highest BCUT2D eigenvalue weighted by molar-refractivity contribution is 5.51. The average molecular weight is 122 g/mol. The molecule has 1 saturated heterocycles. The minimum Gasteiger partial charge on any atom is -0.376 e. The van der Waals surface area contributed by atoms with E-state index < -0.39 is 0 Å². The van der Waals surface area contributed by atoms with Crippen LogP contribution in [0.2, 0.25) is 0 Å². The molecule has 9 heavy (non-hydrogen) atoms. The van der Waals surface area contributed by atoms with Crippen molar-refractivity contribution in [2.75, 3.05) is 6.61 Å². The van der Waals surface area contributed by atoms with Gasteiger partial charge in [-0.05, 0) is 6.42 Å². The van der Waals surface area contributed by atoms with Crippen molar-refractivity contribution in [1.82, 2.24) is 0 Å². The van der Waals surface area contributed by atoms with Crippen molar-refractivity contribution in [3.05, 3.63) is 11.6 Å². The van der Waals surface area contributed by atoms with Gasteiger partial charge >= 0.3 is 0 Å². The van der Waals surface area contributed by atoms with E-state index in [2.05, 4.69) is 13.0 Å². The Balaban J connectivity index is 1.96. The number of ether oxygens (including phenoxy) is 1. The largest absolute Gasteiger partial charge is 0.376 e. The Morgan fingerprint density at radius 2 is 2.67 bits per heavy atom. The Morgan fingerprint density at radius 3 is 3.44 bits per heavy atom. The van der Waals surface area contributed by atoms with Gasteiger partial charge in [-0.15, -0.1) is 0 Å². The Kier molecular flexibility index (Phi) is 0.495. The van der Waals surface area contributed by atoms with E-state index in [-0.39, 0.29) is 0 Å². The van der Waals surface area contributed by atoms with Crippen LogP contribution in [0.15, 0.2) is 11.6 Å². The number of hydrogen-bond acceptors (Lipinski definition) is 1. The third-order valence-corrected chi connectivity index (χ3v) is 2.88. The highest BCUT2D eigenvalue weighted by Gasteiger charge is 2.67. The van der Waals surface area contributed by atoms with Crippen LogP contribution in [0.4, 0.5) is 0 Å². The average Bonchev–Trinajstić information content (AvgIpc) is 2.64. The standard InChI is InChI=1S/C8H10O/c1-5-4-9-7-3-8(7)2-6(5)8/h2,5,7H,3-4H2,1H3. The maximum atomic E-state index is 5.56. The summed E-state index contributed by atoms with van der Waals surface area (Å²) in [6, 6.07) is 0. The summed E-state index contributed by atoms with van der Waals surface area (Å²) >= 11 is 0. The molecule has 0 aromatic rings. The second-order valence-corrected chi connectivity index (χ2v) is 3.57. The van der Waals surface area contributed by atoms with Crippen LogP contribution in [0.3, 0.4) is 0 Å². The monoisotopic (exact) mass is 122 g/mol. The van der Waals surface area contributed by atoms with Crippen LogP contribution >= 0.6 is 0 Å². The minimum absolute atomic E-state index is 0.553. The van der Waals surface area contributed by atoms with E-state index in [0.29, 0.717) is 11.5 Å². The summed E-state index contributed by atoms with van der Waals surface area (Å²) in [5.41, 5.74) is 2.25. The predicted octanol–water partition coefficient (Wildman–Crippen LogP) is 1.35. The van der Waals surface area contributed by atoms with E-state index in [0.717, 1.165) is 12.5 Å². The van der Waals surface area contributed by atoms with Crippen molar-refractivity contribution in [3.63, 3.8) is 0 Å². The molecule has 0 radical (unpaired) electrons. The van der Waals surface area contributed by atoms with Gasteiger partial charge in [0.2, 0.25) is 0 Å². The molecule has 2 fully saturated rings. The van der Waals surface area contributed by atoms with Gasteiger partial charge in [0.25, 0.3) is 0 Å². The molecule has 3 rings (SSSR count). The molecule has 3 atom stereocenters. The third-order valence-electron chi connectivity index (χ3n) is 2.88. The lowest BCUT2D eigenvalue weighted by Gasteiger charge is -2.15. The maximum absolute atomic E-state index is 5.56. The summed E-state index contributed by atoms with van der Waals surface area (Å²) in [5.74, 6) is 0.726. The summed E-state index contributed by atoms with van der Waals surface area (Å²) in [6.07, 6.45) is 4.32. The van der Waals surface area contributed by atoms with Gasteiger partial charge in [0.05, 0.1) is 12.7 Å². The molecule has 48 valence electrons. The molecule has 1 nitrogen and oxygen atoms in total. The molecule has 1 aliphatic heterocycles. The lowest BCUT2D eigenvalue weighted by Crippen LogP contribution is -2.15. The molecular weight excluding hydrogens is 112 g/mol. The van der Waals surface area contributed by atoms with E-state index >= 15 is 0 Å². The molecular formula is C8H10O. The van der Waals surface area contributed by atoms with Crippen LogP contribution in [0.5, 0.6) is 0 Å². The zero-order chi connectivity index (χ0) is 6.06. The number of rotatable bonds is 0. The van der Waals surface area contributed by atoms with Gasteiger partial charge in [-0.1, -0.05) is 18.6 Å². The van der Waals surface area contributed by atoms with Crippen molar-refractivity contribution in [2.24, 2.45) is 11.3 Å². The van der Waals surface area contributed by atoms with Gasteiger partial charge in [-0.25, -0.2) is 0 Å². The molecule has 0 amide bonds. The SMILES string of the molecule is CC1COC2CC23C=C13.